The molecule has 0 unspecified atom stereocenters. The molecule has 0 N–H and O–H groups in total. The van der Waals surface area contributed by atoms with Gasteiger partial charge in [0.15, 0.2) is 0 Å². The standard InChI is InChI=1S/C14H19N2/c1-2-4-14(5-3-1)16-10-8-15(9-11-16)12-13-6-7-13/h2-5,13H,6-12H2. The molecule has 1 heterocycles. The fraction of sp³-hybridized carbons (Fsp3) is 0.571. The second-order valence-electron chi connectivity index (χ2n) is 4.99. The fourth-order valence-electron chi connectivity index (χ4n) is 2.44. The first kappa shape index (κ1) is 10.2. The first-order valence-corrected chi connectivity index (χ1v) is 6.35. The predicted octanol–water partition coefficient (Wildman–Crippen LogP) is 2.02. The first-order valence-electron chi connectivity index (χ1n) is 6.35. The maximum atomic E-state index is 3.08. The number of nitrogens with zero attached hydrogens (tertiary/aromatic N) is 2. The van der Waals surface area contributed by atoms with Crippen LogP contribution in [0.15, 0.2) is 24.3 Å². The minimum atomic E-state index is 1.03. The summed E-state index contributed by atoms with van der Waals surface area (Å²) in [6.07, 6.45) is 2.93. The van der Waals surface area contributed by atoms with Gasteiger partial charge in [0.2, 0.25) is 0 Å². The third-order valence-electron chi connectivity index (χ3n) is 3.65. The van der Waals surface area contributed by atoms with E-state index in [0.717, 1.165) is 5.92 Å². The summed E-state index contributed by atoms with van der Waals surface area (Å²) in [7, 11) is 0. The van der Waals surface area contributed by atoms with Gasteiger partial charge in [-0.25, -0.2) is 0 Å². The topological polar surface area (TPSA) is 6.48 Å². The van der Waals surface area contributed by atoms with Crippen LogP contribution in [0.2, 0.25) is 0 Å². The lowest BCUT2D eigenvalue weighted by molar-refractivity contribution is 0.248. The van der Waals surface area contributed by atoms with Crippen LogP contribution >= 0.6 is 0 Å². The molecular weight excluding hydrogens is 196 g/mol. The lowest BCUT2D eigenvalue weighted by atomic mass is 10.2. The van der Waals surface area contributed by atoms with E-state index in [4.69, 9.17) is 0 Å². The van der Waals surface area contributed by atoms with Crippen LogP contribution < -0.4 is 4.90 Å². The molecule has 0 spiro atoms. The summed E-state index contributed by atoms with van der Waals surface area (Å²) < 4.78 is 0. The van der Waals surface area contributed by atoms with Gasteiger partial charge in [-0.05, 0) is 37.0 Å². The molecule has 0 aromatic heterocycles. The minimum absolute atomic E-state index is 1.03. The van der Waals surface area contributed by atoms with E-state index >= 15 is 0 Å². The maximum absolute atomic E-state index is 3.08. The zero-order chi connectivity index (χ0) is 10.8. The number of piperazine rings is 1. The number of rotatable bonds is 3. The van der Waals surface area contributed by atoms with Gasteiger partial charge in [-0.1, -0.05) is 12.1 Å². The van der Waals surface area contributed by atoms with E-state index in [1.807, 2.05) is 12.1 Å². The van der Waals surface area contributed by atoms with Crippen LogP contribution in [-0.4, -0.2) is 37.6 Å². The number of hydrogen-bond acceptors (Lipinski definition) is 2. The molecule has 1 aliphatic heterocycles. The zero-order valence-electron chi connectivity index (χ0n) is 9.73. The molecule has 1 radical (unpaired) electrons. The zero-order valence-corrected chi connectivity index (χ0v) is 9.73. The summed E-state index contributed by atoms with van der Waals surface area (Å²) in [6.45, 7) is 6.16. The molecule has 16 heavy (non-hydrogen) atoms. The second-order valence-corrected chi connectivity index (χ2v) is 4.99. The van der Waals surface area contributed by atoms with Crippen LogP contribution in [-0.2, 0) is 0 Å². The van der Waals surface area contributed by atoms with Gasteiger partial charge >= 0.3 is 0 Å². The lowest BCUT2D eigenvalue weighted by Crippen LogP contribution is -2.47. The van der Waals surface area contributed by atoms with E-state index in [0.29, 0.717) is 0 Å². The molecule has 85 valence electrons. The Balaban J connectivity index is 1.53. The molecule has 0 bridgehead atoms. The molecule has 2 aliphatic rings. The minimum Gasteiger partial charge on any atom is -0.369 e. The highest BCUT2D eigenvalue weighted by molar-refractivity contribution is 5.46. The van der Waals surface area contributed by atoms with E-state index in [-0.39, 0.29) is 0 Å². The largest absolute Gasteiger partial charge is 0.369 e. The molecule has 1 saturated heterocycles. The molecule has 1 saturated carbocycles. The molecule has 0 amide bonds. The van der Waals surface area contributed by atoms with Crippen LogP contribution in [0.25, 0.3) is 0 Å². The quantitative estimate of drug-likeness (QED) is 0.761. The van der Waals surface area contributed by atoms with Crippen molar-refractivity contribution in [2.45, 2.75) is 12.8 Å². The van der Waals surface area contributed by atoms with Crippen LogP contribution in [0, 0.1) is 12.0 Å². The van der Waals surface area contributed by atoms with Crippen molar-refractivity contribution in [3.05, 3.63) is 30.3 Å². The average Bonchev–Trinajstić information content (AvgIpc) is 3.15. The maximum Gasteiger partial charge on any atom is 0.0367 e. The van der Waals surface area contributed by atoms with Crippen LogP contribution in [0.1, 0.15) is 12.8 Å². The molecule has 2 fully saturated rings. The summed E-state index contributed by atoms with van der Waals surface area (Å²) in [4.78, 5) is 5.11. The summed E-state index contributed by atoms with van der Waals surface area (Å²) in [5, 5.41) is 0. The molecule has 2 nitrogen and oxygen atoms in total. The summed E-state index contributed by atoms with van der Waals surface area (Å²) >= 11 is 0. The van der Waals surface area contributed by atoms with E-state index in [1.165, 1.54) is 51.3 Å². The molecule has 1 aliphatic carbocycles. The lowest BCUT2D eigenvalue weighted by Gasteiger charge is -2.36. The van der Waals surface area contributed by atoms with Gasteiger partial charge < -0.3 is 4.90 Å². The Labute approximate surface area is 97.9 Å². The second kappa shape index (κ2) is 4.46. The highest BCUT2D eigenvalue weighted by Crippen LogP contribution is 2.30. The van der Waals surface area contributed by atoms with Crippen molar-refractivity contribution >= 4 is 5.69 Å². The van der Waals surface area contributed by atoms with E-state index in [2.05, 4.69) is 28.0 Å². The molecule has 2 heteroatoms. The SMILES string of the molecule is [c]1ccc(N2CCN(CC3CC3)CC2)cc1. The smallest absolute Gasteiger partial charge is 0.0367 e. The van der Waals surface area contributed by atoms with E-state index in [9.17, 15) is 0 Å². The average molecular weight is 215 g/mol. The van der Waals surface area contributed by atoms with Gasteiger partial charge in [0, 0.05) is 38.4 Å². The Hall–Kier alpha value is -1.02. The van der Waals surface area contributed by atoms with Crippen LogP contribution in [0.4, 0.5) is 5.69 Å². The van der Waals surface area contributed by atoms with Crippen molar-refractivity contribution in [2.24, 2.45) is 5.92 Å². The summed E-state index contributed by atoms with van der Waals surface area (Å²) in [5.74, 6) is 1.03. The van der Waals surface area contributed by atoms with Crippen molar-refractivity contribution in [1.82, 2.24) is 4.90 Å². The Morgan fingerprint density at radius 1 is 1.06 bits per heavy atom. The highest BCUT2D eigenvalue weighted by atomic mass is 15.3. The van der Waals surface area contributed by atoms with Crippen LogP contribution in [0.5, 0.6) is 0 Å². The van der Waals surface area contributed by atoms with Gasteiger partial charge in [0.1, 0.15) is 0 Å². The van der Waals surface area contributed by atoms with E-state index < -0.39 is 0 Å². The van der Waals surface area contributed by atoms with Gasteiger partial charge in [-0.15, -0.1) is 0 Å². The van der Waals surface area contributed by atoms with Gasteiger partial charge in [0.25, 0.3) is 0 Å². The molecule has 1 aromatic rings. The monoisotopic (exact) mass is 215 g/mol. The van der Waals surface area contributed by atoms with Gasteiger partial charge in [-0.3, -0.25) is 4.90 Å². The summed E-state index contributed by atoms with van der Waals surface area (Å²) in [6, 6.07) is 11.4. The third-order valence-corrected chi connectivity index (χ3v) is 3.65. The highest BCUT2D eigenvalue weighted by Gasteiger charge is 2.26. The Kier molecular flexibility index (Phi) is 2.83. The third kappa shape index (κ3) is 2.38. The normalized spacial score (nSPS) is 22.4. The molecule has 3 rings (SSSR count). The Morgan fingerprint density at radius 3 is 2.38 bits per heavy atom. The molecule has 1 aromatic carbocycles. The predicted molar refractivity (Wildman–Crippen MR) is 66.7 cm³/mol. The Morgan fingerprint density at radius 2 is 1.75 bits per heavy atom. The summed E-state index contributed by atoms with van der Waals surface area (Å²) in [5.41, 5.74) is 1.35. The number of benzene rings is 1. The number of anilines is 1. The van der Waals surface area contributed by atoms with Crippen molar-refractivity contribution in [3.63, 3.8) is 0 Å². The first-order chi connectivity index (χ1) is 7.92. The van der Waals surface area contributed by atoms with Crippen molar-refractivity contribution in [3.8, 4) is 0 Å². The van der Waals surface area contributed by atoms with Crippen molar-refractivity contribution in [2.75, 3.05) is 37.6 Å². The van der Waals surface area contributed by atoms with Crippen molar-refractivity contribution in [1.29, 1.82) is 0 Å². The fourth-order valence-corrected chi connectivity index (χ4v) is 2.44. The number of hydrogen-bond donors (Lipinski definition) is 0. The van der Waals surface area contributed by atoms with E-state index in [1.54, 1.807) is 0 Å². The molecule has 0 atom stereocenters. The molecular formula is C14H19N2. The van der Waals surface area contributed by atoms with Gasteiger partial charge in [-0.2, -0.15) is 0 Å². The Bertz CT molecular complexity index is 324. The van der Waals surface area contributed by atoms with Crippen LogP contribution in [0.3, 0.4) is 0 Å². The van der Waals surface area contributed by atoms with Crippen molar-refractivity contribution < 1.29 is 0 Å². The van der Waals surface area contributed by atoms with Gasteiger partial charge in [0.05, 0.1) is 0 Å².